The molecule has 1 aliphatic rings. The predicted molar refractivity (Wildman–Crippen MR) is 97.5 cm³/mol. The first kappa shape index (κ1) is 19.2. The van der Waals surface area contributed by atoms with Crippen LogP contribution in [0.15, 0.2) is 16.7 Å². The smallest absolute Gasteiger partial charge is 0.444 e. The maximum absolute atomic E-state index is 11.8. The molecule has 2 heterocycles. The number of aromatic nitrogens is 1. The van der Waals surface area contributed by atoms with Crippen molar-refractivity contribution < 1.29 is 18.8 Å². The average molecular weight is 399 g/mol. The normalized spacial score (nSPS) is 19.2. The van der Waals surface area contributed by atoms with Gasteiger partial charge in [0.2, 0.25) is 0 Å². The highest BCUT2D eigenvalue weighted by Crippen LogP contribution is 2.36. The van der Waals surface area contributed by atoms with Crippen molar-refractivity contribution in [3.63, 3.8) is 0 Å². The molecule has 0 bridgehead atoms. The molecule has 1 aromatic heterocycles. The van der Waals surface area contributed by atoms with Crippen LogP contribution in [0.4, 0.5) is 10.6 Å². The minimum absolute atomic E-state index is 0.379. The van der Waals surface area contributed by atoms with Crippen LogP contribution in [0.3, 0.4) is 0 Å². The molecule has 0 aromatic carbocycles. The van der Waals surface area contributed by atoms with Gasteiger partial charge in [-0.05, 0) is 70.5 Å². The second-order valence-electron chi connectivity index (χ2n) is 7.81. The third-order valence-electron chi connectivity index (χ3n) is 4.01. The van der Waals surface area contributed by atoms with Crippen molar-refractivity contribution in [2.75, 3.05) is 5.32 Å². The number of hydrogen-bond donors (Lipinski definition) is 1. The van der Waals surface area contributed by atoms with Gasteiger partial charge in [0, 0.05) is 11.7 Å². The Morgan fingerprint density at radius 2 is 1.79 bits per heavy atom. The van der Waals surface area contributed by atoms with Crippen molar-refractivity contribution in [2.45, 2.75) is 65.3 Å². The summed E-state index contributed by atoms with van der Waals surface area (Å²) in [5.74, 6) is 0.379. The van der Waals surface area contributed by atoms with Gasteiger partial charge in [0.05, 0.1) is 15.7 Å². The van der Waals surface area contributed by atoms with Crippen molar-refractivity contribution >= 4 is 40.4 Å². The summed E-state index contributed by atoms with van der Waals surface area (Å²) in [6, 6.07) is 1.82. The Morgan fingerprint density at radius 3 is 2.25 bits per heavy atom. The second kappa shape index (κ2) is 6.31. The van der Waals surface area contributed by atoms with Crippen LogP contribution >= 0.6 is 15.9 Å². The zero-order valence-corrected chi connectivity index (χ0v) is 16.8. The standard InChI is InChI=1S/C16H24BBrN2O4/c1-14(2,3)22-13(21)20-12-11(18)8-10(9-19-12)17-23-15(4,5)16(6,7)24-17/h8-9H,1-7H3,(H,19,20,21). The third kappa shape index (κ3) is 4.29. The summed E-state index contributed by atoms with van der Waals surface area (Å²) in [6.45, 7) is 13.4. The van der Waals surface area contributed by atoms with Gasteiger partial charge >= 0.3 is 13.2 Å². The zero-order chi connectivity index (χ0) is 18.3. The van der Waals surface area contributed by atoms with E-state index >= 15 is 0 Å². The highest BCUT2D eigenvalue weighted by atomic mass is 79.9. The van der Waals surface area contributed by atoms with E-state index < -0.39 is 30.0 Å². The van der Waals surface area contributed by atoms with Crippen LogP contribution in [0.25, 0.3) is 0 Å². The number of amides is 1. The molecule has 1 fully saturated rings. The quantitative estimate of drug-likeness (QED) is 0.772. The first-order valence-electron chi connectivity index (χ1n) is 7.82. The Balaban J connectivity index is 2.12. The highest BCUT2D eigenvalue weighted by Gasteiger charge is 2.51. The van der Waals surface area contributed by atoms with E-state index in [1.54, 1.807) is 27.0 Å². The third-order valence-corrected chi connectivity index (χ3v) is 4.61. The molecule has 0 aliphatic carbocycles. The van der Waals surface area contributed by atoms with Gasteiger partial charge in [-0.25, -0.2) is 9.78 Å². The summed E-state index contributed by atoms with van der Waals surface area (Å²) in [7, 11) is -0.505. The van der Waals surface area contributed by atoms with Gasteiger partial charge in [-0.15, -0.1) is 0 Å². The Labute approximate surface area is 151 Å². The van der Waals surface area contributed by atoms with Gasteiger partial charge in [-0.1, -0.05) is 0 Å². The van der Waals surface area contributed by atoms with Gasteiger partial charge in [-0.3, -0.25) is 5.32 Å². The Bertz CT molecular complexity index is 627. The summed E-state index contributed by atoms with van der Waals surface area (Å²) in [5, 5.41) is 2.62. The number of halogens is 1. The number of pyridine rings is 1. The molecule has 0 atom stereocenters. The molecule has 0 saturated carbocycles. The molecule has 1 N–H and O–H groups in total. The van der Waals surface area contributed by atoms with Gasteiger partial charge in [-0.2, -0.15) is 0 Å². The predicted octanol–water partition coefficient (Wildman–Crippen LogP) is 3.49. The molecule has 1 aromatic rings. The lowest BCUT2D eigenvalue weighted by Gasteiger charge is -2.32. The summed E-state index contributed by atoms with van der Waals surface area (Å²) in [4.78, 5) is 16.1. The number of ether oxygens (including phenoxy) is 1. The molecule has 1 amide bonds. The molecule has 1 aliphatic heterocycles. The van der Waals surface area contributed by atoms with Crippen LogP contribution in [-0.2, 0) is 14.0 Å². The minimum Gasteiger partial charge on any atom is -0.444 e. The molecule has 1 saturated heterocycles. The average Bonchev–Trinajstić information content (AvgIpc) is 2.58. The fraction of sp³-hybridized carbons (Fsp3) is 0.625. The molecule has 2 rings (SSSR count). The number of hydrogen-bond acceptors (Lipinski definition) is 5. The molecular weight excluding hydrogens is 375 g/mol. The van der Waals surface area contributed by atoms with Crippen molar-refractivity contribution in [2.24, 2.45) is 0 Å². The maximum atomic E-state index is 11.8. The number of nitrogens with one attached hydrogen (secondary N) is 1. The van der Waals surface area contributed by atoms with Gasteiger partial charge in [0.25, 0.3) is 0 Å². The Morgan fingerprint density at radius 1 is 1.25 bits per heavy atom. The van der Waals surface area contributed by atoms with Crippen LogP contribution in [-0.4, -0.2) is 35.0 Å². The summed E-state index contributed by atoms with van der Waals surface area (Å²) in [6.07, 6.45) is 1.07. The second-order valence-corrected chi connectivity index (χ2v) is 8.67. The Kier molecular flexibility index (Phi) is 5.05. The van der Waals surface area contributed by atoms with E-state index in [1.165, 1.54) is 0 Å². The number of nitrogens with zero attached hydrogens (tertiary/aromatic N) is 1. The van der Waals surface area contributed by atoms with Gasteiger partial charge in [0.1, 0.15) is 11.4 Å². The molecule has 24 heavy (non-hydrogen) atoms. The van der Waals surface area contributed by atoms with Gasteiger partial charge in [0.15, 0.2) is 0 Å². The fourth-order valence-electron chi connectivity index (χ4n) is 2.05. The monoisotopic (exact) mass is 398 g/mol. The molecule has 8 heteroatoms. The van der Waals surface area contributed by atoms with E-state index in [0.29, 0.717) is 10.3 Å². The highest BCUT2D eigenvalue weighted by molar-refractivity contribution is 9.10. The number of carbonyl (C=O) groups is 1. The van der Waals surface area contributed by atoms with E-state index in [9.17, 15) is 4.79 Å². The van der Waals surface area contributed by atoms with E-state index in [4.69, 9.17) is 14.0 Å². The minimum atomic E-state index is -0.570. The molecule has 132 valence electrons. The van der Waals surface area contributed by atoms with Crippen LogP contribution in [0, 0.1) is 0 Å². The zero-order valence-electron chi connectivity index (χ0n) is 15.2. The lowest BCUT2D eigenvalue weighted by atomic mass is 9.80. The van der Waals surface area contributed by atoms with Crippen molar-refractivity contribution in [1.29, 1.82) is 0 Å². The maximum Gasteiger partial charge on any atom is 0.496 e. The van der Waals surface area contributed by atoms with Crippen molar-refractivity contribution in [3.8, 4) is 0 Å². The lowest BCUT2D eigenvalue weighted by Crippen LogP contribution is -2.41. The topological polar surface area (TPSA) is 69.7 Å². The molecular formula is C16H24BBrN2O4. The lowest BCUT2D eigenvalue weighted by molar-refractivity contribution is 0.00578. The van der Waals surface area contributed by atoms with E-state index in [-0.39, 0.29) is 0 Å². The summed E-state index contributed by atoms with van der Waals surface area (Å²) >= 11 is 3.42. The van der Waals surface area contributed by atoms with Gasteiger partial charge < -0.3 is 14.0 Å². The largest absolute Gasteiger partial charge is 0.496 e. The van der Waals surface area contributed by atoms with Crippen molar-refractivity contribution in [1.82, 2.24) is 4.98 Å². The van der Waals surface area contributed by atoms with Crippen molar-refractivity contribution in [3.05, 3.63) is 16.7 Å². The summed E-state index contributed by atoms with van der Waals surface area (Å²) < 4.78 is 17.8. The van der Waals surface area contributed by atoms with Crippen LogP contribution in [0.5, 0.6) is 0 Å². The molecule has 0 spiro atoms. The molecule has 0 unspecified atom stereocenters. The molecule has 6 nitrogen and oxygen atoms in total. The first-order chi connectivity index (χ1) is 10.8. The first-order valence-corrected chi connectivity index (χ1v) is 8.61. The van der Waals surface area contributed by atoms with Crippen LogP contribution < -0.4 is 10.8 Å². The number of rotatable bonds is 2. The summed E-state index contributed by atoms with van der Waals surface area (Å²) in [5.41, 5.74) is -0.635. The Hall–Kier alpha value is -1.12. The number of anilines is 1. The van der Waals surface area contributed by atoms with Crippen LogP contribution in [0.2, 0.25) is 0 Å². The van der Waals surface area contributed by atoms with E-state index in [0.717, 1.165) is 5.46 Å². The van der Waals surface area contributed by atoms with Crippen LogP contribution in [0.1, 0.15) is 48.5 Å². The SMILES string of the molecule is CC(C)(C)OC(=O)Nc1ncc(B2OC(C)(C)C(C)(C)O2)cc1Br. The number of carbonyl (C=O) groups excluding carboxylic acids is 1. The molecule has 0 radical (unpaired) electrons. The fourth-order valence-corrected chi connectivity index (χ4v) is 2.52. The van der Waals surface area contributed by atoms with E-state index in [1.807, 2.05) is 33.8 Å². The van der Waals surface area contributed by atoms with E-state index in [2.05, 4.69) is 26.2 Å².